The summed E-state index contributed by atoms with van der Waals surface area (Å²) < 4.78 is 1.78. The Morgan fingerprint density at radius 1 is 1.10 bits per heavy atom. The van der Waals surface area contributed by atoms with Crippen LogP contribution in [0.2, 0.25) is 0 Å². The molecule has 2 aromatic heterocycles. The summed E-state index contributed by atoms with van der Waals surface area (Å²) in [6, 6.07) is 13.8. The Morgan fingerprint density at radius 2 is 1.86 bits per heavy atom. The largest absolute Gasteiger partial charge is 0.362 e. The Labute approximate surface area is 171 Å². The molecule has 0 aliphatic heterocycles. The second kappa shape index (κ2) is 9.23. The zero-order valence-corrected chi connectivity index (χ0v) is 17.4. The first-order valence-corrected chi connectivity index (χ1v) is 9.70. The molecule has 3 aromatic rings. The monoisotopic (exact) mass is 392 g/mol. The van der Waals surface area contributed by atoms with Gasteiger partial charge in [-0.3, -0.25) is 5.32 Å². The summed E-state index contributed by atoms with van der Waals surface area (Å²) in [7, 11) is 3.86. The van der Waals surface area contributed by atoms with E-state index in [9.17, 15) is 4.79 Å². The first kappa shape index (κ1) is 20.4. The molecule has 0 saturated heterocycles. The van der Waals surface area contributed by atoms with E-state index in [1.165, 1.54) is 5.56 Å². The van der Waals surface area contributed by atoms with Gasteiger partial charge in [-0.2, -0.15) is 5.10 Å². The number of carbonyl (C=O) groups excluding carboxylic acids is 1. The van der Waals surface area contributed by atoms with Crippen molar-refractivity contribution in [1.82, 2.24) is 20.1 Å². The molecule has 0 bridgehead atoms. The summed E-state index contributed by atoms with van der Waals surface area (Å²) in [5.41, 5.74) is 3.39. The average Bonchev–Trinajstić information content (AvgIpc) is 3.13. The summed E-state index contributed by atoms with van der Waals surface area (Å²) in [4.78, 5) is 18.7. The lowest BCUT2D eigenvalue weighted by Crippen LogP contribution is -2.30. The molecule has 2 amide bonds. The van der Waals surface area contributed by atoms with Gasteiger partial charge in [0.2, 0.25) is 0 Å². The van der Waals surface area contributed by atoms with Gasteiger partial charge in [-0.1, -0.05) is 44.2 Å². The van der Waals surface area contributed by atoms with E-state index in [2.05, 4.69) is 58.8 Å². The predicted molar refractivity (Wildman–Crippen MR) is 116 cm³/mol. The van der Waals surface area contributed by atoms with Gasteiger partial charge in [-0.25, -0.2) is 14.5 Å². The fourth-order valence-corrected chi connectivity index (χ4v) is 3.05. The van der Waals surface area contributed by atoms with Crippen LogP contribution in [-0.4, -0.2) is 34.9 Å². The van der Waals surface area contributed by atoms with E-state index in [1.807, 2.05) is 31.1 Å². The number of pyridine rings is 1. The van der Waals surface area contributed by atoms with E-state index in [0.29, 0.717) is 24.8 Å². The number of carbonyl (C=O) groups is 1. The van der Waals surface area contributed by atoms with Crippen LogP contribution in [0.5, 0.6) is 0 Å². The fraction of sp³-hybridized carbons (Fsp3) is 0.318. The van der Waals surface area contributed by atoms with E-state index < -0.39 is 0 Å². The molecule has 0 atom stereocenters. The van der Waals surface area contributed by atoms with E-state index in [1.54, 1.807) is 23.1 Å². The number of nitrogens with one attached hydrogen (secondary N) is 2. The van der Waals surface area contributed by atoms with Crippen LogP contribution in [0.15, 0.2) is 54.9 Å². The van der Waals surface area contributed by atoms with E-state index >= 15 is 0 Å². The van der Waals surface area contributed by atoms with Crippen molar-refractivity contribution in [2.24, 2.45) is 0 Å². The Bertz CT molecular complexity index is 946. The molecule has 3 rings (SSSR count). The number of anilines is 2. The molecular weight excluding hydrogens is 364 g/mol. The Hall–Kier alpha value is -3.35. The van der Waals surface area contributed by atoms with Crippen molar-refractivity contribution in [3.05, 3.63) is 71.5 Å². The van der Waals surface area contributed by atoms with Gasteiger partial charge in [-0.05, 0) is 23.1 Å². The van der Waals surface area contributed by atoms with Gasteiger partial charge in [0.05, 0.1) is 12.7 Å². The average molecular weight is 393 g/mol. The van der Waals surface area contributed by atoms with Crippen molar-refractivity contribution in [2.75, 3.05) is 24.3 Å². The van der Waals surface area contributed by atoms with Crippen molar-refractivity contribution in [1.29, 1.82) is 0 Å². The molecule has 0 radical (unpaired) electrons. The van der Waals surface area contributed by atoms with Crippen LogP contribution in [0.25, 0.3) is 0 Å². The van der Waals surface area contributed by atoms with Gasteiger partial charge in [0.15, 0.2) is 0 Å². The Balaban J connectivity index is 1.60. The molecule has 0 spiro atoms. The molecule has 1 aromatic carbocycles. The topological polar surface area (TPSA) is 75.1 Å². The van der Waals surface area contributed by atoms with E-state index in [-0.39, 0.29) is 6.03 Å². The summed E-state index contributed by atoms with van der Waals surface area (Å²) in [6.07, 6.45) is 3.43. The second-order valence-corrected chi connectivity index (χ2v) is 7.46. The molecule has 2 heterocycles. The molecular formula is C22H28N6O. The normalized spacial score (nSPS) is 10.8. The molecule has 0 aliphatic carbocycles. The van der Waals surface area contributed by atoms with Gasteiger partial charge in [0.1, 0.15) is 11.6 Å². The van der Waals surface area contributed by atoms with Gasteiger partial charge in [0.25, 0.3) is 0 Å². The lowest BCUT2D eigenvalue weighted by molar-refractivity contribution is 0.251. The minimum absolute atomic E-state index is 0.282. The molecule has 0 saturated carbocycles. The first-order chi connectivity index (χ1) is 13.9. The van der Waals surface area contributed by atoms with Crippen LogP contribution in [0.1, 0.15) is 36.5 Å². The van der Waals surface area contributed by atoms with E-state index in [4.69, 9.17) is 0 Å². The highest BCUT2D eigenvalue weighted by molar-refractivity contribution is 5.88. The van der Waals surface area contributed by atoms with Crippen molar-refractivity contribution in [3.8, 4) is 0 Å². The first-order valence-electron chi connectivity index (χ1n) is 9.70. The quantitative estimate of drug-likeness (QED) is 0.641. The maximum atomic E-state index is 12.4. The number of urea groups is 1. The minimum Gasteiger partial charge on any atom is -0.362 e. The smallest absolute Gasteiger partial charge is 0.320 e. The number of nitrogens with zero attached hydrogens (tertiary/aromatic N) is 4. The number of benzene rings is 1. The number of amides is 2. The van der Waals surface area contributed by atoms with Crippen LogP contribution in [0, 0.1) is 0 Å². The Morgan fingerprint density at radius 3 is 2.55 bits per heavy atom. The number of hydrogen-bond donors (Lipinski definition) is 2. The maximum Gasteiger partial charge on any atom is 0.320 e. The fourth-order valence-electron chi connectivity index (χ4n) is 3.05. The van der Waals surface area contributed by atoms with Crippen LogP contribution in [0.3, 0.4) is 0 Å². The number of rotatable bonds is 7. The van der Waals surface area contributed by atoms with Gasteiger partial charge in [-0.15, -0.1) is 0 Å². The van der Waals surface area contributed by atoms with Crippen molar-refractivity contribution < 1.29 is 4.79 Å². The highest BCUT2D eigenvalue weighted by Gasteiger charge is 2.10. The van der Waals surface area contributed by atoms with Crippen LogP contribution >= 0.6 is 0 Å². The summed E-state index contributed by atoms with van der Waals surface area (Å²) in [6.45, 7) is 5.33. The molecule has 7 nitrogen and oxygen atoms in total. The minimum atomic E-state index is -0.282. The third-order valence-corrected chi connectivity index (χ3v) is 4.67. The SMILES string of the molecule is CC(C)c1ccc(Cn2nccc2NC(=O)NCc2cccnc2N(C)C)cc1. The summed E-state index contributed by atoms with van der Waals surface area (Å²) >= 11 is 0. The lowest BCUT2D eigenvalue weighted by atomic mass is 10.0. The van der Waals surface area contributed by atoms with Gasteiger partial charge >= 0.3 is 6.03 Å². The Kier molecular flexibility index (Phi) is 6.49. The highest BCUT2D eigenvalue weighted by Crippen LogP contribution is 2.17. The maximum absolute atomic E-state index is 12.4. The zero-order chi connectivity index (χ0) is 20.8. The standard InChI is InChI=1S/C22H28N6O/c1-16(2)18-9-7-17(8-10-18)15-28-20(11-13-25-28)26-22(29)24-14-19-6-5-12-23-21(19)27(3)4/h5-13,16H,14-15H2,1-4H3,(H2,24,26,29). The van der Waals surface area contributed by atoms with E-state index in [0.717, 1.165) is 16.9 Å². The molecule has 7 heteroatoms. The lowest BCUT2D eigenvalue weighted by Gasteiger charge is -2.16. The highest BCUT2D eigenvalue weighted by atomic mass is 16.2. The summed E-state index contributed by atoms with van der Waals surface area (Å²) in [5.74, 6) is 1.99. The van der Waals surface area contributed by atoms with Crippen molar-refractivity contribution in [3.63, 3.8) is 0 Å². The molecule has 0 fully saturated rings. The molecule has 0 unspecified atom stereocenters. The molecule has 0 aliphatic rings. The van der Waals surface area contributed by atoms with Crippen LogP contribution in [0.4, 0.5) is 16.4 Å². The third kappa shape index (κ3) is 5.34. The number of aromatic nitrogens is 3. The van der Waals surface area contributed by atoms with Crippen LogP contribution in [-0.2, 0) is 13.1 Å². The predicted octanol–water partition coefficient (Wildman–Crippen LogP) is 3.84. The molecule has 2 N–H and O–H groups in total. The summed E-state index contributed by atoms with van der Waals surface area (Å²) in [5, 5.41) is 10.1. The zero-order valence-electron chi connectivity index (χ0n) is 17.4. The van der Waals surface area contributed by atoms with Crippen molar-refractivity contribution in [2.45, 2.75) is 32.9 Å². The van der Waals surface area contributed by atoms with Crippen LogP contribution < -0.4 is 15.5 Å². The third-order valence-electron chi connectivity index (χ3n) is 4.67. The van der Waals surface area contributed by atoms with Crippen molar-refractivity contribution >= 4 is 17.7 Å². The number of hydrogen-bond acceptors (Lipinski definition) is 4. The molecule has 29 heavy (non-hydrogen) atoms. The van der Waals surface area contributed by atoms with Gasteiger partial charge in [0, 0.05) is 38.5 Å². The molecule has 152 valence electrons. The second-order valence-electron chi connectivity index (χ2n) is 7.46. The van der Waals surface area contributed by atoms with Gasteiger partial charge < -0.3 is 10.2 Å².